The molecule has 0 saturated heterocycles. The Bertz CT molecular complexity index is 489. The second-order valence-electron chi connectivity index (χ2n) is 4.16. The minimum atomic E-state index is -4.60. The Balaban J connectivity index is 3.02. The zero-order valence-electron chi connectivity index (χ0n) is 9.88. The third-order valence-electron chi connectivity index (χ3n) is 2.37. The molecule has 0 fully saturated rings. The number of halogens is 4. The monoisotopic (exact) mass is 388 g/mol. The van der Waals surface area contributed by atoms with Crippen molar-refractivity contribution >= 4 is 39.9 Å². The molecule has 1 atom stereocenters. The van der Waals surface area contributed by atoms with E-state index in [1.807, 2.05) is 0 Å². The fraction of sp³-hybridized carbons (Fsp3) is 0.364. The van der Waals surface area contributed by atoms with Gasteiger partial charge in [-0.3, -0.25) is 4.79 Å². The van der Waals surface area contributed by atoms with E-state index in [2.05, 4.69) is 5.32 Å². The smallest absolute Gasteiger partial charge is 0.398 e. The van der Waals surface area contributed by atoms with Crippen molar-refractivity contribution in [3.05, 3.63) is 23.8 Å². The van der Waals surface area contributed by atoms with Crippen LogP contribution in [-0.2, 0) is 11.0 Å². The van der Waals surface area contributed by atoms with Gasteiger partial charge >= 0.3 is 6.18 Å². The molecule has 0 aliphatic carbocycles. The van der Waals surface area contributed by atoms with Crippen LogP contribution < -0.4 is 11.1 Å². The highest BCUT2D eigenvalue weighted by atomic mass is 127. The van der Waals surface area contributed by atoms with Crippen molar-refractivity contribution < 1.29 is 23.1 Å². The zero-order valence-corrected chi connectivity index (χ0v) is 12.0. The third kappa shape index (κ3) is 3.96. The van der Waals surface area contributed by atoms with Gasteiger partial charge in [0, 0.05) is 15.8 Å². The maximum absolute atomic E-state index is 12.6. The molecule has 0 spiro atoms. The number of carbonyl (C=O) groups is 1. The molecule has 1 amide bonds. The number of aliphatic hydroxyl groups is 1. The summed E-state index contributed by atoms with van der Waals surface area (Å²) >= 11 is 1.80. The molecule has 4 N–H and O–H groups in total. The highest BCUT2D eigenvalue weighted by Gasteiger charge is 2.34. The number of hydrogen-bond acceptors (Lipinski definition) is 3. The van der Waals surface area contributed by atoms with Crippen molar-refractivity contribution in [3.8, 4) is 0 Å². The third-order valence-corrected chi connectivity index (χ3v) is 3.85. The summed E-state index contributed by atoms with van der Waals surface area (Å²) in [4.78, 5) is 11.6. The number of nitrogens with two attached hydrogens (primary N) is 1. The van der Waals surface area contributed by atoms with Crippen molar-refractivity contribution in [2.75, 3.05) is 15.5 Å². The Hall–Kier alpha value is -1.03. The summed E-state index contributed by atoms with van der Waals surface area (Å²) in [5.41, 5.74) is 2.06. The van der Waals surface area contributed by atoms with E-state index in [1.165, 1.54) is 13.0 Å². The van der Waals surface area contributed by atoms with Crippen molar-refractivity contribution in [1.29, 1.82) is 0 Å². The molecule has 106 valence electrons. The highest BCUT2D eigenvalue weighted by molar-refractivity contribution is 14.1. The average molecular weight is 388 g/mol. The van der Waals surface area contributed by atoms with Crippen LogP contribution in [0.5, 0.6) is 0 Å². The lowest BCUT2D eigenvalue weighted by molar-refractivity contribution is -0.137. The fourth-order valence-electron chi connectivity index (χ4n) is 1.21. The second-order valence-corrected chi connectivity index (χ2v) is 4.92. The van der Waals surface area contributed by atoms with Crippen LogP contribution in [0.4, 0.5) is 24.5 Å². The van der Waals surface area contributed by atoms with E-state index in [4.69, 9.17) is 5.73 Å². The topological polar surface area (TPSA) is 75.3 Å². The van der Waals surface area contributed by atoms with Crippen LogP contribution in [-0.4, -0.2) is 21.0 Å². The number of nitrogen functional groups attached to an aromatic ring is 1. The Kier molecular flexibility index (Phi) is 4.67. The molecule has 4 nitrogen and oxygen atoms in total. The number of nitrogens with one attached hydrogen (secondary N) is 1. The number of amides is 1. The standard InChI is InChI=1S/C11H12F3IN2O2/c1-10(19,5-15)9(18)17-6-2-3-8(16)7(4-6)11(12,13)14/h2-4,19H,5,16H2,1H3,(H,17,18). The number of rotatable bonds is 3. The van der Waals surface area contributed by atoms with Gasteiger partial charge in [0.15, 0.2) is 0 Å². The lowest BCUT2D eigenvalue weighted by atomic mass is 10.1. The van der Waals surface area contributed by atoms with Gasteiger partial charge in [0.1, 0.15) is 5.60 Å². The molecular formula is C11H12F3IN2O2. The first-order chi connectivity index (χ1) is 8.58. The molecule has 1 unspecified atom stereocenters. The van der Waals surface area contributed by atoms with Crippen LogP contribution in [0, 0.1) is 0 Å². The Morgan fingerprint density at radius 1 is 1.47 bits per heavy atom. The summed E-state index contributed by atoms with van der Waals surface area (Å²) in [6, 6.07) is 3.03. The molecule has 0 aliphatic heterocycles. The summed E-state index contributed by atoms with van der Waals surface area (Å²) in [6.07, 6.45) is -4.60. The number of carbonyl (C=O) groups excluding carboxylic acids is 1. The van der Waals surface area contributed by atoms with Crippen LogP contribution in [0.3, 0.4) is 0 Å². The number of alkyl halides is 4. The van der Waals surface area contributed by atoms with E-state index < -0.39 is 28.9 Å². The fourth-order valence-corrected chi connectivity index (χ4v) is 1.55. The number of anilines is 2. The van der Waals surface area contributed by atoms with Gasteiger partial charge in [-0.15, -0.1) is 0 Å². The largest absolute Gasteiger partial charge is 0.418 e. The lowest BCUT2D eigenvalue weighted by Gasteiger charge is -2.20. The van der Waals surface area contributed by atoms with Crippen LogP contribution in [0.1, 0.15) is 12.5 Å². The minimum absolute atomic E-state index is 0.0725. The maximum Gasteiger partial charge on any atom is 0.418 e. The molecule has 0 aromatic heterocycles. The van der Waals surface area contributed by atoms with Crippen LogP contribution >= 0.6 is 22.6 Å². The average Bonchev–Trinajstić information content (AvgIpc) is 2.30. The van der Waals surface area contributed by atoms with Gasteiger partial charge in [-0.2, -0.15) is 13.2 Å². The molecule has 1 rings (SSSR count). The van der Waals surface area contributed by atoms with Gasteiger partial charge in [-0.05, 0) is 25.1 Å². The summed E-state index contributed by atoms with van der Waals surface area (Å²) in [6.45, 7) is 1.27. The first kappa shape index (κ1) is 16.0. The maximum atomic E-state index is 12.6. The molecule has 0 radical (unpaired) electrons. The molecule has 1 aromatic rings. The quantitative estimate of drug-likeness (QED) is 0.423. The number of hydrogen-bond donors (Lipinski definition) is 3. The highest BCUT2D eigenvalue weighted by Crippen LogP contribution is 2.35. The predicted molar refractivity (Wildman–Crippen MR) is 74.0 cm³/mol. The Labute approximate surface area is 121 Å². The minimum Gasteiger partial charge on any atom is -0.398 e. The Morgan fingerprint density at radius 3 is 2.53 bits per heavy atom. The normalized spacial score (nSPS) is 14.8. The van der Waals surface area contributed by atoms with E-state index in [0.29, 0.717) is 0 Å². The predicted octanol–water partition coefficient (Wildman–Crippen LogP) is 2.41. The van der Waals surface area contributed by atoms with Gasteiger partial charge < -0.3 is 16.2 Å². The molecule has 1 aromatic carbocycles. The van der Waals surface area contributed by atoms with Crippen molar-refractivity contribution in [1.82, 2.24) is 0 Å². The Morgan fingerprint density at radius 2 is 2.05 bits per heavy atom. The molecule has 19 heavy (non-hydrogen) atoms. The molecule has 0 bridgehead atoms. The van der Waals surface area contributed by atoms with E-state index in [0.717, 1.165) is 12.1 Å². The summed E-state index contributed by atoms with van der Waals surface area (Å²) in [7, 11) is 0. The van der Waals surface area contributed by atoms with Gasteiger partial charge in [0.2, 0.25) is 0 Å². The summed E-state index contributed by atoms with van der Waals surface area (Å²) < 4.78 is 38.0. The van der Waals surface area contributed by atoms with E-state index in [1.54, 1.807) is 22.6 Å². The first-order valence-corrected chi connectivity index (χ1v) is 6.67. The van der Waals surface area contributed by atoms with Crippen LogP contribution in [0.15, 0.2) is 18.2 Å². The van der Waals surface area contributed by atoms with Crippen LogP contribution in [0.2, 0.25) is 0 Å². The van der Waals surface area contributed by atoms with Gasteiger partial charge in [0.25, 0.3) is 5.91 Å². The molecule has 0 aliphatic rings. The molecule has 0 saturated carbocycles. The van der Waals surface area contributed by atoms with Gasteiger partial charge in [0.05, 0.1) is 5.56 Å². The van der Waals surface area contributed by atoms with Crippen molar-refractivity contribution in [3.63, 3.8) is 0 Å². The molecular weight excluding hydrogens is 376 g/mol. The number of benzene rings is 1. The van der Waals surface area contributed by atoms with E-state index in [-0.39, 0.29) is 10.1 Å². The molecule has 8 heteroatoms. The SMILES string of the molecule is CC(O)(CI)C(=O)Nc1ccc(N)c(C(F)(F)F)c1. The van der Waals surface area contributed by atoms with Crippen molar-refractivity contribution in [2.24, 2.45) is 0 Å². The first-order valence-electron chi connectivity index (χ1n) is 5.14. The van der Waals surface area contributed by atoms with Gasteiger partial charge in [-0.25, -0.2) is 0 Å². The van der Waals surface area contributed by atoms with Crippen LogP contribution in [0.25, 0.3) is 0 Å². The van der Waals surface area contributed by atoms with E-state index >= 15 is 0 Å². The lowest BCUT2D eigenvalue weighted by Crippen LogP contribution is -2.41. The molecule has 0 heterocycles. The van der Waals surface area contributed by atoms with E-state index in [9.17, 15) is 23.1 Å². The second kappa shape index (κ2) is 5.53. The van der Waals surface area contributed by atoms with Crippen molar-refractivity contribution in [2.45, 2.75) is 18.7 Å². The van der Waals surface area contributed by atoms with Gasteiger partial charge in [-0.1, -0.05) is 22.6 Å². The summed E-state index contributed by atoms with van der Waals surface area (Å²) in [5.74, 6) is -0.778. The summed E-state index contributed by atoms with van der Waals surface area (Å²) in [5, 5.41) is 11.9. The zero-order chi connectivity index (χ0) is 14.8.